The van der Waals surface area contributed by atoms with E-state index in [9.17, 15) is 4.79 Å². The van der Waals surface area contributed by atoms with Crippen LogP contribution >= 0.6 is 0 Å². The van der Waals surface area contributed by atoms with E-state index >= 15 is 0 Å². The summed E-state index contributed by atoms with van der Waals surface area (Å²) in [4.78, 5) is 13.6. The molecule has 0 radical (unpaired) electrons. The van der Waals surface area contributed by atoms with Crippen molar-refractivity contribution in [3.05, 3.63) is 54.1 Å². The Morgan fingerprint density at radius 2 is 1.80 bits per heavy atom. The molecule has 0 bridgehead atoms. The molecule has 0 saturated heterocycles. The fourth-order valence-corrected chi connectivity index (χ4v) is 1.99. The van der Waals surface area contributed by atoms with Crippen LogP contribution in [0.5, 0.6) is 5.75 Å². The largest absolute Gasteiger partial charge is 0.497 e. The quantitative estimate of drug-likeness (QED) is 0.681. The first-order valence-electron chi connectivity index (χ1n) is 6.23. The maximum Gasteiger partial charge on any atom is 0.186 e. The summed E-state index contributed by atoms with van der Waals surface area (Å²) in [7, 11) is 1.57. The third kappa shape index (κ3) is 2.38. The van der Waals surface area contributed by atoms with E-state index in [-0.39, 0.29) is 12.3 Å². The van der Waals surface area contributed by atoms with E-state index in [4.69, 9.17) is 4.74 Å². The van der Waals surface area contributed by atoms with E-state index in [2.05, 4.69) is 10.2 Å². The molecule has 0 spiro atoms. The number of nitrogens with zero attached hydrogens (tertiary/aromatic N) is 3. The number of fused-ring (bicyclic) bond motifs is 1. The third-order valence-corrected chi connectivity index (χ3v) is 3.00. The van der Waals surface area contributed by atoms with Gasteiger partial charge in [-0.2, -0.15) is 15.0 Å². The Hall–Kier alpha value is -2.69. The van der Waals surface area contributed by atoms with Crippen molar-refractivity contribution in [2.75, 3.05) is 7.11 Å². The lowest BCUT2D eigenvalue weighted by Crippen LogP contribution is -2.13. The smallest absolute Gasteiger partial charge is 0.186 e. The van der Waals surface area contributed by atoms with Gasteiger partial charge in [0.2, 0.25) is 0 Å². The molecule has 20 heavy (non-hydrogen) atoms. The summed E-state index contributed by atoms with van der Waals surface area (Å²) in [5, 5.41) is 8.55. The first-order chi connectivity index (χ1) is 9.76. The van der Waals surface area contributed by atoms with E-state index in [1.165, 1.54) is 4.80 Å². The van der Waals surface area contributed by atoms with Gasteiger partial charge in [-0.1, -0.05) is 24.3 Å². The van der Waals surface area contributed by atoms with Crippen molar-refractivity contribution in [2.24, 2.45) is 0 Å². The molecular formula is C15H13N3O2. The van der Waals surface area contributed by atoms with E-state index < -0.39 is 0 Å². The van der Waals surface area contributed by atoms with Crippen LogP contribution in [0.25, 0.3) is 11.0 Å². The van der Waals surface area contributed by atoms with Gasteiger partial charge in [0.25, 0.3) is 0 Å². The average molecular weight is 267 g/mol. The first-order valence-corrected chi connectivity index (χ1v) is 6.23. The minimum Gasteiger partial charge on any atom is -0.497 e. The number of hydrogen-bond donors (Lipinski definition) is 0. The van der Waals surface area contributed by atoms with Gasteiger partial charge in [-0.15, -0.1) is 0 Å². The Bertz CT molecular complexity index is 731. The maximum absolute atomic E-state index is 12.2. The lowest BCUT2D eigenvalue weighted by Gasteiger charge is -2.03. The molecule has 0 aliphatic rings. The van der Waals surface area contributed by atoms with Crippen LogP contribution in [0.15, 0.2) is 48.5 Å². The summed E-state index contributed by atoms with van der Waals surface area (Å²) in [6, 6.07) is 14.6. The lowest BCUT2D eigenvalue weighted by molar-refractivity contribution is 0.0962. The molecule has 5 nitrogen and oxygen atoms in total. The van der Waals surface area contributed by atoms with Gasteiger partial charge in [-0.25, -0.2) is 0 Å². The van der Waals surface area contributed by atoms with Crippen LogP contribution in [-0.4, -0.2) is 27.9 Å². The SMILES string of the molecule is COc1cccc(C(=O)Cn2nc3ccccc3n2)c1. The summed E-state index contributed by atoms with van der Waals surface area (Å²) in [6.07, 6.45) is 0. The molecule has 0 atom stereocenters. The van der Waals surface area contributed by atoms with Crippen molar-refractivity contribution >= 4 is 16.8 Å². The van der Waals surface area contributed by atoms with Gasteiger partial charge in [-0.3, -0.25) is 4.79 Å². The minimum absolute atomic E-state index is 0.0517. The van der Waals surface area contributed by atoms with Gasteiger partial charge in [0.05, 0.1) is 7.11 Å². The summed E-state index contributed by atoms with van der Waals surface area (Å²) < 4.78 is 5.11. The Morgan fingerprint density at radius 3 is 2.45 bits per heavy atom. The zero-order chi connectivity index (χ0) is 13.9. The molecule has 0 aliphatic carbocycles. The number of benzene rings is 2. The third-order valence-electron chi connectivity index (χ3n) is 3.00. The first kappa shape index (κ1) is 12.3. The van der Waals surface area contributed by atoms with Gasteiger partial charge in [-0.05, 0) is 24.3 Å². The van der Waals surface area contributed by atoms with Gasteiger partial charge >= 0.3 is 0 Å². The predicted molar refractivity (Wildman–Crippen MR) is 74.9 cm³/mol. The van der Waals surface area contributed by atoms with Crippen molar-refractivity contribution in [1.29, 1.82) is 0 Å². The van der Waals surface area contributed by atoms with Crippen molar-refractivity contribution in [2.45, 2.75) is 6.54 Å². The Labute approximate surface area is 115 Å². The molecule has 3 aromatic rings. The van der Waals surface area contributed by atoms with Gasteiger partial charge in [0, 0.05) is 5.56 Å². The predicted octanol–water partition coefficient (Wildman–Crippen LogP) is 2.32. The second-order valence-electron chi connectivity index (χ2n) is 4.37. The monoisotopic (exact) mass is 267 g/mol. The molecule has 5 heteroatoms. The van der Waals surface area contributed by atoms with Crippen LogP contribution in [-0.2, 0) is 6.54 Å². The highest BCUT2D eigenvalue weighted by molar-refractivity contribution is 5.96. The second kappa shape index (κ2) is 5.13. The zero-order valence-electron chi connectivity index (χ0n) is 11.0. The normalized spacial score (nSPS) is 10.7. The molecule has 1 heterocycles. The molecule has 1 aromatic heterocycles. The molecule has 100 valence electrons. The number of Topliss-reactive ketones (excluding diaryl/α,β-unsaturated/α-hetero) is 1. The molecule has 2 aromatic carbocycles. The number of ketones is 1. The zero-order valence-corrected chi connectivity index (χ0v) is 11.0. The van der Waals surface area contributed by atoms with Crippen LogP contribution in [0, 0.1) is 0 Å². The number of aromatic nitrogens is 3. The fourth-order valence-electron chi connectivity index (χ4n) is 1.99. The van der Waals surface area contributed by atoms with E-state index in [1.54, 1.807) is 31.4 Å². The van der Waals surface area contributed by atoms with E-state index in [0.717, 1.165) is 11.0 Å². The highest BCUT2D eigenvalue weighted by Crippen LogP contribution is 2.14. The molecule has 0 fully saturated rings. The van der Waals surface area contributed by atoms with Gasteiger partial charge in [0.15, 0.2) is 5.78 Å². The summed E-state index contributed by atoms with van der Waals surface area (Å²) in [5.74, 6) is 0.610. The number of methoxy groups -OCH3 is 1. The molecule has 0 saturated carbocycles. The van der Waals surface area contributed by atoms with E-state index in [1.807, 2.05) is 24.3 Å². The van der Waals surface area contributed by atoms with Gasteiger partial charge in [0.1, 0.15) is 23.3 Å². The number of ether oxygens (including phenoxy) is 1. The van der Waals surface area contributed by atoms with E-state index in [0.29, 0.717) is 11.3 Å². The molecule has 0 aliphatic heterocycles. The molecule has 0 N–H and O–H groups in total. The van der Waals surface area contributed by atoms with Crippen LogP contribution in [0.2, 0.25) is 0 Å². The molecule has 0 amide bonds. The summed E-state index contributed by atoms with van der Waals surface area (Å²) >= 11 is 0. The molecule has 0 unspecified atom stereocenters. The second-order valence-corrected chi connectivity index (χ2v) is 4.37. The topological polar surface area (TPSA) is 57.0 Å². The minimum atomic E-state index is -0.0517. The number of hydrogen-bond acceptors (Lipinski definition) is 4. The van der Waals surface area contributed by atoms with Crippen LogP contribution < -0.4 is 4.74 Å². The number of rotatable bonds is 4. The molecule has 3 rings (SSSR count). The lowest BCUT2D eigenvalue weighted by atomic mass is 10.1. The summed E-state index contributed by atoms with van der Waals surface area (Å²) in [6.45, 7) is 0.113. The van der Waals surface area contributed by atoms with Gasteiger partial charge < -0.3 is 4.74 Å². The van der Waals surface area contributed by atoms with Crippen LogP contribution in [0.3, 0.4) is 0 Å². The van der Waals surface area contributed by atoms with Crippen molar-refractivity contribution in [3.63, 3.8) is 0 Å². The fraction of sp³-hybridized carbons (Fsp3) is 0.133. The summed E-state index contributed by atoms with van der Waals surface area (Å²) in [5.41, 5.74) is 2.16. The van der Waals surface area contributed by atoms with Crippen molar-refractivity contribution in [3.8, 4) is 5.75 Å². The van der Waals surface area contributed by atoms with Crippen molar-refractivity contribution in [1.82, 2.24) is 15.0 Å². The van der Waals surface area contributed by atoms with Crippen LogP contribution in [0.4, 0.5) is 0 Å². The average Bonchev–Trinajstić information content (AvgIpc) is 2.89. The molecular weight excluding hydrogens is 254 g/mol. The highest BCUT2D eigenvalue weighted by Gasteiger charge is 2.10. The Morgan fingerprint density at radius 1 is 1.10 bits per heavy atom. The van der Waals surface area contributed by atoms with Crippen molar-refractivity contribution < 1.29 is 9.53 Å². The number of carbonyl (C=O) groups is 1. The number of carbonyl (C=O) groups excluding carboxylic acids is 1. The maximum atomic E-state index is 12.2. The standard InChI is InChI=1S/C15H13N3O2/c1-20-12-6-4-5-11(9-12)15(19)10-18-16-13-7-2-3-8-14(13)17-18/h2-9H,10H2,1H3. The highest BCUT2D eigenvalue weighted by atomic mass is 16.5. The van der Waals surface area contributed by atoms with Crippen LogP contribution in [0.1, 0.15) is 10.4 Å². The Balaban J connectivity index is 1.84. The Kier molecular flexibility index (Phi) is 3.16.